The van der Waals surface area contributed by atoms with E-state index in [2.05, 4.69) is 35.3 Å². The van der Waals surface area contributed by atoms with Crippen molar-refractivity contribution in [1.82, 2.24) is 9.80 Å². The zero-order valence-electron chi connectivity index (χ0n) is 12.8. The molecule has 3 nitrogen and oxygen atoms in total. The third kappa shape index (κ3) is 3.08. The Hall–Kier alpha value is -0.420. The zero-order chi connectivity index (χ0) is 14.1. The van der Waals surface area contributed by atoms with E-state index in [4.69, 9.17) is 4.74 Å². The third-order valence-electron chi connectivity index (χ3n) is 4.68. The smallest absolute Gasteiger partial charge is 0.0652 e. The minimum Gasteiger partial charge on any atom is -0.381 e. The van der Waals surface area contributed by atoms with Crippen molar-refractivity contribution in [2.45, 2.75) is 32.0 Å². The summed E-state index contributed by atoms with van der Waals surface area (Å²) < 4.78 is 5.69. The second kappa shape index (κ2) is 6.14. The van der Waals surface area contributed by atoms with Crippen LogP contribution in [-0.4, -0.2) is 50.2 Å². The molecule has 0 N–H and O–H groups in total. The topological polar surface area (TPSA) is 15.7 Å². The maximum atomic E-state index is 5.69. The van der Waals surface area contributed by atoms with E-state index in [9.17, 15) is 0 Å². The Bertz CT molecular complexity index is 431. The van der Waals surface area contributed by atoms with Crippen molar-refractivity contribution in [2.24, 2.45) is 11.8 Å². The monoisotopic (exact) mass is 294 g/mol. The lowest BCUT2D eigenvalue weighted by Crippen LogP contribution is -2.44. The Morgan fingerprint density at radius 1 is 1.30 bits per heavy atom. The van der Waals surface area contributed by atoms with Gasteiger partial charge in [-0.05, 0) is 55.8 Å². The molecule has 1 aliphatic heterocycles. The third-order valence-corrected chi connectivity index (χ3v) is 5.65. The van der Waals surface area contributed by atoms with Gasteiger partial charge in [-0.3, -0.25) is 4.90 Å². The average Bonchev–Trinajstić information content (AvgIpc) is 2.91. The van der Waals surface area contributed by atoms with Gasteiger partial charge in [0.1, 0.15) is 0 Å². The first-order valence-corrected chi connectivity index (χ1v) is 8.50. The average molecular weight is 294 g/mol. The lowest BCUT2D eigenvalue weighted by atomic mass is 9.95. The van der Waals surface area contributed by atoms with E-state index in [0.29, 0.717) is 6.10 Å². The maximum absolute atomic E-state index is 5.69. The van der Waals surface area contributed by atoms with Crippen LogP contribution in [0.3, 0.4) is 0 Å². The van der Waals surface area contributed by atoms with Gasteiger partial charge in [-0.15, -0.1) is 11.3 Å². The van der Waals surface area contributed by atoms with Crippen LogP contribution < -0.4 is 0 Å². The van der Waals surface area contributed by atoms with Crippen molar-refractivity contribution in [3.63, 3.8) is 0 Å². The van der Waals surface area contributed by atoms with Crippen LogP contribution in [0.5, 0.6) is 0 Å². The SMILES string of the molecule is COC1[C@@H]2CC[C@H]1CN(Cc1cc(CN(C)C)cs1)C2. The highest BCUT2D eigenvalue weighted by atomic mass is 32.1. The predicted octanol–water partition coefficient (Wildman–Crippen LogP) is 2.67. The van der Waals surface area contributed by atoms with Crippen LogP contribution >= 0.6 is 11.3 Å². The Labute approximate surface area is 126 Å². The van der Waals surface area contributed by atoms with Crippen molar-refractivity contribution in [3.8, 4) is 0 Å². The van der Waals surface area contributed by atoms with Crippen molar-refractivity contribution in [1.29, 1.82) is 0 Å². The molecule has 0 radical (unpaired) electrons. The number of methoxy groups -OCH3 is 1. The summed E-state index contributed by atoms with van der Waals surface area (Å²) in [6, 6.07) is 2.38. The van der Waals surface area contributed by atoms with Crippen molar-refractivity contribution >= 4 is 11.3 Å². The summed E-state index contributed by atoms with van der Waals surface area (Å²) in [6.45, 7) is 4.61. The van der Waals surface area contributed by atoms with Gasteiger partial charge in [-0.2, -0.15) is 0 Å². The molecule has 2 heterocycles. The van der Waals surface area contributed by atoms with Crippen LogP contribution in [-0.2, 0) is 17.8 Å². The largest absolute Gasteiger partial charge is 0.381 e. The highest BCUT2D eigenvalue weighted by Crippen LogP contribution is 2.39. The van der Waals surface area contributed by atoms with Crippen LogP contribution in [0.1, 0.15) is 23.3 Å². The van der Waals surface area contributed by atoms with Gasteiger partial charge < -0.3 is 9.64 Å². The van der Waals surface area contributed by atoms with Crippen LogP contribution in [0, 0.1) is 11.8 Å². The minimum atomic E-state index is 0.527. The minimum absolute atomic E-state index is 0.527. The number of piperidine rings is 1. The van der Waals surface area contributed by atoms with Gasteiger partial charge in [0, 0.05) is 38.2 Å². The van der Waals surface area contributed by atoms with E-state index in [1.54, 1.807) is 0 Å². The molecule has 4 heteroatoms. The number of rotatable bonds is 5. The predicted molar refractivity (Wildman–Crippen MR) is 84.0 cm³/mol. The van der Waals surface area contributed by atoms with E-state index in [-0.39, 0.29) is 0 Å². The Morgan fingerprint density at radius 3 is 2.60 bits per heavy atom. The summed E-state index contributed by atoms with van der Waals surface area (Å²) in [5.74, 6) is 1.53. The van der Waals surface area contributed by atoms with Crippen LogP contribution in [0.4, 0.5) is 0 Å². The molecule has 1 unspecified atom stereocenters. The molecule has 2 fully saturated rings. The number of hydrogen-bond acceptors (Lipinski definition) is 4. The number of thiophene rings is 1. The highest BCUT2D eigenvalue weighted by Gasteiger charge is 2.41. The number of likely N-dealkylation sites (tertiary alicyclic amines) is 1. The fraction of sp³-hybridized carbons (Fsp3) is 0.750. The first kappa shape index (κ1) is 14.5. The van der Waals surface area contributed by atoms with E-state index in [1.807, 2.05) is 18.4 Å². The van der Waals surface area contributed by atoms with Crippen molar-refractivity contribution < 1.29 is 4.74 Å². The summed E-state index contributed by atoms with van der Waals surface area (Å²) in [5.41, 5.74) is 1.45. The summed E-state index contributed by atoms with van der Waals surface area (Å²) in [6.07, 6.45) is 3.24. The molecule has 0 spiro atoms. The molecular formula is C16H26N2OS. The lowest BCUT2D eigenvalue weighted by molar-refractivity contribution is -0.0177. The molecule has 2 bridgehead atoms. The van der Waals surface area contributed by atoms with Crippen molar-refractivity contribution in [2.75, 3.05) is 34.3 Å². The number of fused-ring (bicyclic) bond motifs is 2. The molecule has 112 valence electrons. The van der Waals surface area contributed by atoms with E-state index >= 15 is 0 Å². The van der Waals surface area contributed by atoms with Crippen LogP contribution in [0.25, 0.3) is 0 Å². The molecule has 0 aromatic carbocycles. The Morgan fingerprint density at radius 2 is 2.00 bits per heavy atom. The summed E-state index contributed by atoms with van der Waals surface area (Å²) >= 11 is 1.92. The van der Waals surface area contributed by atoms with E-state index in [1.165, 1.54) is 36.4 Å². The van der Waals surface area contributed by atoms with Gasteiger partial charge in [0.2, 0.25) is 0 Å². The first-order chi connectivity index (χ1) is 9.65. The second-order valence-corrected chi connectivity index (χ2v) is 7.65. The van der Waals surface area contributed by atoms with Gasteiger partial charge in [0.25, 0.3) is 0 Å². The molecular weight excluding hydrogens is 268 g/mol. The van der Waals surface area contributed by atoms with Crippen LogP contribution in [0.15, 0.2) is 11.4 Å². The molecule has 3 rings (SSSR count). The van der Waals surface area contributed by atoms with E-state index < -0.39 is 0 Å². The van der Waals surface area contributed by atoms with Gasteiger partial charge in [-0.25, -0.2) is 0 Å². The van der Waals surface area contributed by atoms with Gasteiger partial charge in [-0.1, -0.05) is 0 Å². The fourth-order valence-electron chi connectivity index (χ4n) is 3.96. The quantitative estimate of drug-likeness (QED) is 0.830. The second-order valence-electron chi connectivity index (χ2n) is 6.65. The number of nitrogens with zero attached hydrogens (tertiary/aromatic N) is 2. The molecule has 1 saturated carbocycles. The number of ether oxygens (including phenoxy) is 1. The van der Waals surface area contributed by atoms with Crippen molar-refractivity contribution in [3.05, 3.63) is 21.9 Å². The van der Waals surface area contributed by atoms with Gasteiger partial charge >= 0.3 is 0 Å². The highest BCUT2D eigenvalue weighted by molar-refractivity contribution is 7.10. The number of hydrogen-bond donors (Lipinski definition) is 0. The Balaban J connectivity index is 1.58. The molecule has 0 amide bonds. The van der Waals surface area contributed by atoms with Gasteiger partial charge in [0.05, 0.1) is 6.10 Å². The lowest BCUT2D eigenvalue weighted by Gasteiger charge is -2.37. The summed E-state index contributed by atoms with van der Waals surface area (Å²) in [7, 11) is 6.15. The molecule has 1 saturated heterocycles. The maximum Gasteiger partial charge on any atom is 0.0652 e. The molecule has 1 aromatic heterocycles. The standard InChI is InChI=1S/C16H26N2OS/c1-17(2)7-12-6-15(20-11-12)10-18-8-13-4-5-14(9-18)16(13)19-3/h6,11,13-14,16H,4-5,7-10H2,1-3H3/t13-,14+,16?. The molecule has 2 aliphatic rings. The first-order valence-electron chi connectivity index (χ1n) is 7.62. The Kier molecular flexibility index (Phi) is 4.46. The molecule has 1 aliphatic carbocycles. The molecule has 3 atom stereocenters. The molecule has 20 heavy (non-hydrogen) atoms. The fourth-order valence-corrected chi connectivity index (χ4v) is 4.88. The normalized spacial score (nSPS) is 30.3. The zero-order valence-corrected chi connectivity index (χ0v) is 13.7. The molecule has 1 aromatic rings. The van der Waals surface area contributed by atoms with Crippen LogP contribution in [0.2, 0.25) is 0 Å². The van der Waals surface area contributed by atoms with Gasteiger partial charge in [0.15, 0.2) is 0 Å². The summed E-state index contributed by atoms with van der Waals surface area (Å²) in [5, 5.41) is 2.31. The van der Waals surface area contributed by atoms with E-state index in [0.717, 1.165) is 24.9 Å². The summed E-state index contributed by atoms with van der Waals surface area (Å²) in [4.78, 5) is 6.39.